The first-order chi connectivity index (χ1) is 14.4. The van der Waals surface area contributed by atoms with E-state index in [2.05, 4.69) is 4.90 Å². The summed E-state index contributed by atoms with van der Waals surface area (Å²) < 4.78 is 5.45. The number of benzene rings is 1. The summed E-state index contributed by atoms with van der Waals surface area (Å²) in [5.41, 5.74) is 3.11. The Balaban J connectivity index is 1.53. The quantitative estimate of drug-likeness (QED) is 0.645. The van der Waals surface area contributed by atoms with Gasteiger partial charge in [-0.25, -0.2) is 9.79 Å². The van der Waals surface area contributed by atoms with Crippen LogP contribution in [0, 0.1) is 6.92 Å². The second-order valence-corrected chi connectivity index (χ2v) is 7.97. The zero-order valence-electron chi connectivity index (χ0n) is 18.0. The summed E-state index contributed by atoms with van der Waals surface area (Å²) in [5, 5.41) is 0. The number of allylic oxidation sites excluding steroid dienone is 1. The Morgan fingerprint density at radius 2 is 1.83 bits per heavy atom. The Hall–Kier alpha value is -2.87. The van der Waals surface area contributed by atoms with Crippen molar-refractivity contribution in [3.05, 3.63) is 47.3 Å². The SMILES string of the molecule is CCOCCCN1C(C)=CN2C1=NC1C2C(=O)N(Cc2ccc(C)cc2)C(=O)N1C. The molecule has 0 radical (unpaired) electrons. The highest BCUT2D eigenvalue weighted by atomic mass is 16.5. The van der Waals surface area contributed by atoms with Crippen LogP contribution in [0.5, 0.6) is 0 Å². The molecule has 0 bridgehead atoms. The van der Waals surface area contributed by atoms with E-state index < -0.39 is 12.2 Å². The standard InChI is InChI=1S/C22H29N5O3/c1-5-30-12-6-11-25-16(3)13-26-18-19(23-21(25)26)24(4)22(29)27(20(18)28)14-17-9-7-15(2)8-10-17/h7-10,13,18-19H,5-6,11-12,14H2,1-4H3. The predicted octanol–water partition coefficient (Wildman–Crippen LogP) is 2.36. The van der Waals surface area contributed by atoms with Gasteiger partial charge in [0.1, 0.15) is 0 Å². The number of imide groups is 1. The van der Waals surface area contributed by atoms with Gasteiger partial charge >= 0.3 is 6.03 Å². The van der Waals surface area contributed by atoms with Gasteiger partial charge < -0.3 is 19.4 Å². The molecule has 0 aromatic heterocycles. The maximum Gasteiger partial charge on any atom is 0.328 e. The normalized spacial score (nSPS) is 23.1. The van der Waals surface area contributed by atoms with Crippen molar-refractivity contribution < 1.29 is 14.3 Å². The molecule has 3 amide bonds. The van der Waals surface area contributed by atoms with Crippen LogP contribution >= 0.6 is 0 Å². The smallest absolute Gasteiger partial charge is 0.328 e. The molecule has 8 nitrogen and oxygen atoms in total. The van der Waals surface area contributed by atoms with Crippen molar-refractivity contribution in [2.75, 3.05) is 26.8 Å². The number of aryl methyl sites for hydroxylation is 1. The van der Waals surface area contributed by atoms with Crippen LogP contribution in [0.25, 0.3) is 0 Å². The highest BCUT2D eigenvalue weighted by Gasteiger charge is 2.54. The minimum Gasteiger partial charge on any atom is -0.382 e. The minimum absolute atomic E-state index is 0.206. The first-order valence-corrected chi connectivity index (χ1v) is 10.5. The molecular weight excluding hydrogens is 382 g/mol. The third-order valence-corrected chi connectivity index (χ3v) is 5.84. The van der Waals surface area contributed by atoms with Gasteiger partial charge in [0, 0.05) is 38.7 Å². The second-order valence-electron chi connectivity index (χ2n) is 7.97. The van der Waals surface area contributed by atoms with Crippen LogP contribution in [0.15, 0.2) is 41.2 Å². The molecule has 1 aromatic rings. The molecule has 160 valence electrons. The fourth-order valence-electron chi connectivity index (χ4n) is 4.17. The molecule has 2 atom stereocenters. The zero-order valence-corrected chi connectivity index (χ0v) is 18.0. The first kappa shape index (κ1) is 20.4. The lowest BCUT2D eigenvalue weighted by Gasteiger charge is -2.40. The van der Waals surface area contributed by atoms with Crippen molar-refractivity contribution in [2.45, 2.75) is 45.9 Å². The highest BCUT2D eigenvalue weighted by Crippen LogP contribution is 2.34. The van der Waals surface area contributed by atoms with Gasteiger partial charge in [-0.2, -0.15) is 0 Å². The maximum atomic E-state index is 13.4. The molecule has 8 heteroatoms. The number of hydrogen-bond donors (Lipinski definition) is 0. The molecule has 2 unspecified atom stereocenters. The van der Waals surface area contributed by atoms with Crippen LogP contribution in [0.2, 0.25) is 0 Å². The van der Waals surface area contributed by atoms with Crippen LogP contribution in [-0.2, 0) is 16.1 Å². The van der Waals surface area contributed by atoms with Crippen LogP contribution in [0.4, 0.5) is 4.79 Å². The van der Waals surface area contributed by atoms with E-state index in [9.17, 15) is 9.59 Å². The molecule has 0 spiro atoms. The molecule has 1 saturated heterocycles. The summed E-state index contributed by atoms with van der Waals surface area (Å²) in [6.45, 7) is 8.41. The summed E-state index contributed by atoms with van der Waals surface area (Å²) in [5.74, 6) is 0.534. The molecular formula is C22H29N5O3. The summed E-state index contributed by atoms with van der Waals surface area (Å²) in [7, 11) is 1.72. The van der Waals surface area contributed by atoms with Crippen LogP contribution in [0.1, 0.15) is 31.4 Å². The highest BCUT2D eigenvalue weighted by molar-refractivity contribution is 6.04. The number of hydrogen-bond acceptors (Lipinski definition) is 6. The van der Waals surface area contributed by atoms with E-state index in [4.69, 9.17) is 9.73 Å². The summed E-state index contributed by atoms with van der Waals surface area (Å²) in [4.78, 5) is 38.1. The lowest BCUT2D eigenvalue weighted by atomic mass is 10.1. The molecule has 3 heterocycles. The second kappa shape index (κ2) is 8.10. The Kier molecular flexibility index (Phi) is 5.51. The predicted molar refractivity (Wildman–Crippen MR) is 113 cm³/mol. The van der Waals surface area contributed by atoms with Gasteiger partial charge in [0.2, 0.25) is 5.96 Å². The average molecular weight is 412 g/mol. The number of urea groups is 1. The van der Waals surface area contributed by atoms with E-state index >= 15 is 0 Å². The van der Waals surface area contributed by atoms with E-state index in [0.29, 0.717) is 13.2 Å². The van der Waals surface area contributed by atoms with Crippen molar-refractivity contribution in [3.63, 3.8) is 0 Å². The van der Waals surface area contributed by atoms with Crippen LogP contribution in [0.3, 0.4) is 0 Å². The fraction of sp³-hybridized carbons (Fsp3) is 0.500. The van der Waals surface area contributed by atoms with Crippen molar-refractivity contribution in [1.29, 1.82) is 0 Å². The zero-order chi connectivity index (χ0) is 21.4. The van der Waals surface area contributed by atoms with Crippen molar-refractivity contribution in [2.24, 2.45) is 4.99 Å². The lowest BCUT2D eigenvalue weighted by molar-refractivity contribution is -0.137. The number of nitrogens with zero attached hydrogens (tertiary/aromatic N) is 5. The first-order valence-electron chi connectivity index (χ1n) is 10.5. The van der Waals surface area contributed by atoms with E-state index in [1.165, 1.54) is 4.90 Å². The molecule has 0 saturated carbocycles. The largest absolute Gasteiger partial charge is 0.382 e. The Morgan fingerprint density at radius 1 is 1.10 bits per heavy atom. The molecule has 4 rings (SSSR count). The van der Waals surface area contributed by atoms with E-state index in [1.807, 2.05) is 56.1 Å². The summed E-state index contributed by atoms with van der Waals surface area (Å²) in [6.07, 6.45) is 2.33. The van der Waals surface area contributed by atoms with Gasteiger partial charge in [-0.15, -0.1) is 0 Å². The number of carbonyl (C=O) groups is 2. The number of ether oxygens (including phenoxy) is 1. The maximum absolute atomic E-state index is 13.4. The van der Waals surface area contributed by atoms with Gasteiger partial charge in [0.05, 0.1) is 6.54 Å². The van der Waals surface area contributed by atoms with E-state index in [-0.39, 0.29) is 18.5 Å². The number of carbonyl (C=O) groups excluding carboxylic acids is 2. The van der Waals surface area contributed by atoms with Gasteiger partial charge in [0.25, 0.3) is 5.91 Å². The van der Waals surface area contributed by atoms with Gasteiger partial charge in [-0.3, -0.25) is 9.69 Å². The number of fused-ring (bicyclic) bond motifs is 3. The number of rotatable bonds is 7. The number of amides is 3. The Morgan fingerprint density at radius 3 is 2.53 bits per heavy atom. The van der Waals surface area contributed by atoms with Gasteiger partial charge in [-0.1, -0.05) is 29.8 Å². The summed E-state index contributed by atoms with van der Waals surface area (Å²) >= 11 is 0. The Bertz CT molecular complexity index is 895. The molecule has 0 N–H and O–H groups in total. The molecule has 30 heavy (non-hydrogen) atoms. The van der Waals surface area contributed by atoms with Crippen molar-refractivity contribution >= 4 is 17.9 Å². The summed E-state index contributed by atoms with van der Waals surface area (Å²) in [6, 6.07) is 7.06. The molecule has 0 aliphatic carbocycles. The lowest BCUT2D eigenvalue weighted by Crippen LogP contribution is -2.63. The number of guanidine groups is 1. The van der Waals surface area contributed by atoms with Crippen LogP contribution in [-0.4, -0.2) is 76.5 Å². The van der Waals surface area contributed by atoms with E-state index in [0.717, 1.165) is 35.7 Å². The third kappa shape index (κ3) is 3.45. The monoisotopic (exact) mass is 411 g/mol. The third-order valence-electron chi connectivity index (χ3n) is 5.84. The van der Waals surface area contributed by atoms with E-state index in [1.54, 1.807) is 11.9 Å². The topological polar surface area (TPSA) is 68.7 Å². The number of likely N-dealkylation sites (N-methyl/N-ethyl adjacent to an activating group) is 1. The molecule has 3 aliphatic heterocycles. The van der Waals surface area contributed by atoms with Crippen molar-refractivity contribution in [1.82, 2.24) is 19.6 Å². The molecule has 1 aromatic carbocycles. The van der Waals surface area contributed by atoms with Crippen molar-refractivity contribution in [3.8, 4) is 0 Å². The van der Waals surface area contributed by atoms with Crippen LogP contribution < -0.4 is 0 Å². The fourth-order valence-corrected chi connectivity index (χ4v) is 4.17. The van der Waals surface area contributed by atoms with Gasteiger partial charge in [0.15, 0.2) is 12.2 Å². The Labute approximate surface area is 177 Å². The number of aliphatic imine (C=N–C) groups is 1. The minimum atomic E-state index is -0.528. The van der Waals surface area contributed by atoms with Gasteiger partial charge in [-0.05, 0) is 32.8 Å². The molecule has 1 fully saturated rings. The average Bonchev–Trinajstić information content (AvgIpc) is 3.24. The molecule has 3 aliphatic rings.